The molecule has 0 radical (unpaired) electrons. The summed E-state index contributed by atoms with van der Waals surface area (Å²) in [6.07, 6.45) is 7.63. The van der Waals surface area contributed by atoms with E-state index in [1.165, 1.54) is 18.6 Å². The van der Waals surface area contributed by atoms with Crippen molar-refractivity contribution in [3.8, 4) is 17.1 Å². The van der Waals surface area contributed by atoms with Crippen LogP contribution in [0.1, 0.15) is 66.7 Å². The van der Waals surface area contributed by atoms with Gasteiger partial charge in [0.05, 0.1) is 41.3 Å². The minimum atomic E-state index is -4.16. The van der Waals surface area contributed by atoms with Crippen LogP contribution in [0.5, 0.6) is 5.88 Å². The fourth-order valence-electron chi connectivity index (χ4n) is 6.15. The van der Waals surface area contributed by atoms with Crippen molar-refractivity contribution in [2.75, 3.05) is 23.3 Å². The predicted molar refractivity (Wildman–Crippen MR) is 181 cm³/mol. The molecule has 2 aliphatic rings. The Morgan fingerprint density at radius 3 is 2.49 bits per heavy atom. The second-order valence-electron chi connectivity index (χ2n) is 12.6. The molecule has 4 aromatic rings. The van der Waals surface area contributed by atoms with Crippen molar-refractivity contribution >= 4 is 27.7 Å². The minimum Gasteiger partial charge on any atom is -0.475 e. The minimum absolute atomic E-state index is 0.0160. The molecule has 11 nitrogen and oxygen atoms in total. The summed E-state index contributed by atoms with van der Waals surface area (Å²) in [6.45, 7) is 8.38. The molecule has 3 heterocycles. The largest absolute Gasteiger partial charge is 0.475 e. The highest BCUT2D eigenvalue weighted by atomic mass is 32.2. The van der Waals surface area contributed by atoms with Crippen LogP contribution in [-0.2, 0) is 16.6 Å². The number of fused-ring (bicyclic) bond motifs is 4. The fraction of sp³-hybridized carbons (Fsp3) is 0.400. The van der Waals surface area contributed by atoms with Crippen molar-refractivity contribution in [3.05, 3.63) is 83.3 Å². The van der Waals surface area contributed by atoms with Gasteiger partial charge >= 0.3 is 0 Å². The van der Waals surface area contributed by atoms with Crippen molar-refractivity contribution in [1.82, 2.24) is 24.8 Å². The summed E-state index contributed by atoms with van der Waals surface area (Å²) in [5.41, 5.74) is 4.23. The number of benzene rings is 2. The number of rotatable bonds is 7. The lowest BCUT2D eigenvalue weighted by atomic mass is 9.92. The summed E-state index contributed by atoms with van der Waals surface area (Å²) in [5.74, 6) is 0.529. The molecule has 2 aromatic carbocycles. The van der Waals surface area contributed by atoms with Gasteiger partial charge in [-0.05, 0) is 68.4 Å². The van der Waals surface area contributed by atoms with Crippen molar-refractivity contribution in [1.29, 1.82) is 0 Å². The Morgan fingerprint density at radius 2 is 1.79 bits per heavy atom. The first-order chi connectivity index (χ1) is 22.5. The maximum Gasteiger partial charge on any atom is 0.264 e. The Bertz CT molecular complexity index is 1880. The normalized spacial score (nSPS) is 18.4. The van der Waals surface area contributed by atoms with Crippen molar-refractivity contribution in [2.45, 2.75) is 76.9 Å². The van der Waals surface area contributed by atoms with Crippen LogP contribution in [0.4, 0.5) is 11.8 Å². The van der Waals surface area contributed by atoms with Crippen molar-refractivity contribution in [3.63, 3.8) is 0 Å². The highest BCUT2D eigenvalue weighted by molar-refractivity contribution is 7.92. The topological polar surface area (TPSA) is 131 Å². The maximum atomic E-state index is 14.4. The van der Waals surface area contributed by atoms with Crippen LogP contribution in [0.25, 0.3) is 11.3 Å². The Kier molecular flexibility index (Phi) is 9.14. The number of ether oxygens (including phenoxy) is 1. The lowest BCUT2D eigenvalue weighted by molar-refractivity contribution is 0.0480. The molecule has 1 amide bonds. The number of carbonyl (C=O) groups excluding carboxylic acids is 1. The summed E-state index contributed by atoms with van der Waals surface area (Å²) in [4.78, 5) is 36.7. The molecule has 2 atom stereocenters. The number of nitrogens with one attached hydrogen (secondary N) is 1. The van der Waals surface area contributed by atoms with Gasteiger partial charge in [-0.3, -0.25) is 9.78 Å². The van der Waals surface area contributed by atoms with Gasteiger partial charge in [0, 0.05) is 30.3 Å². The van der Waals surface area contributed by atoms with Gasteiger partial charge in [-0.15, -0.1) is 0 Å². The summed E-state index contributed by atoms with van der Waals surface area (Å²) in [5, 5.41) is 0. The van der Waals surface area contributed by atoms with E-state index in [0.29, 0.717) is 17.4 Å². The zero-order chi connectivity index (χ0) is 33.3. The molecule has 1 aliphatic heterocycles. The smallest absolute Gasteiger partial charge is 0.264 e. The van der Waals surface area contributed by atoms with Crippen LogP contribution in [0.15, 0.2) is 65.8 Å². The molecule has 12 heteroatoms. The highest BCUT2D eigenvalue weighted by Crippen LogP contribution is 2.31. The molecule has 0 spiro atoms. The average molecular weight is 656 g/mol. The Balaban J connectivity index is 1.45. The van der Waals surface area contributed by atoms with Crippen LogP contribution in [0.2, 0.25) is 0 Å². The second-order valence-corrected chi connectivity index (χ2v) is 14.3. The molecule has 4 bridgehead atoms. The van der Waals surface area contributed by atoms with Gasteiger partial charge in [-0.1, -0.05) is 44.5 Å². The van der Waals surface area contributed by atoms with E-state index in [9.17, 15) is 13.2 Å². The number of carbonyl (C=O) groups is 1. The first kappa shape index (κ1) is 32.4. The number of anilines is 2. The molecular formula is C35H41N7O4S. The molecule has 0 saturated heterocycles. The summed E-state index contributed by atoms with van der Waals surface area (Å²) in [6, 6.07) is 13.7. The molecular weight excluding hydrogens is 614 g/mol. The van der Waals surface area contributed by atoms with E-state index in [0.717, 1.165) is 41.8 Å². The van der Waals surface area contributed by atoms with Gasteiger partial charge in [-0.25, -0.2) is 23.1 Å². The number of sulfonamides is 1. The molecule has 47 heavy (non-hydrogen) atoms. The van der Waals surface area contributed by atoms with Crippen LogP contribution in [0, 0.1) is 19.8 Å². The molecule has 0 unspecified atom stereocenters. The first-order valence-electron chi connectivity index (χ1n) is 16.1. The number of hydrogen-bond donors (Lipinski definition) is 1. The van der Waals surface area contributed by atoms with E-state index in [1.54, 1.807) is 35.5 Å². The van der Waals surface area contributed by atoms with E-state index in [4.69, 9.17) is 9.72 Å². The first-order valence-corrected chi connectivity index (χ1v) is 17.6. The fourth-order valence-corrected chi connectivity index (χ4v) is 7.14. The quantitative estimate of drug-likeness (QED) is 0.263. The van der Waals surface area contributed by atoms with Gasteiger partial charge in [-0.2, -0.15) is 4.98 Å². The third-order valence-corrected chi connectivity index (χ3v) is 10.7. The highest BCUT2D eigenvalue weighted by Gasteiger charge is 2.32. The van der Waals surface area contributed by atoms with E-state index < -0.39 is 16.1 Å². The van der Waals surface area contributed by atoms with Crippen LogP contribution >= 0.6 is 0 Å². The monoisotopic (exact) mass is 655 g/mol. The molecule has 2 aromatic heterocycles. The van der Waals surface area contributed by atoms with E-state index in [1.807, 2.05) is 39.1 Å². The van der Waals surface area contributed by atoms with Gasteiger partial charge < -0.3 is 14.5 Å². The van der Waals surface area contributed by atoms with Crippen LogP contribution in [-0.4, -0.2) is 64.9 Å². The molecule has 246 valence electrons. The summed E-state index contributed by atoms with van der Waals surface area (Å²) >= 11 is 0. The summed E-state index contributed by atoms with van der Waals surface area (Å²) < 4.78 is 36.2. The number of nitrogens with zero attached hydrogens (tertiary/aromatic N) is 6. The number of aromatic nitrogens is 4. The molecule has 1 saturated carbocycles. The zero-order valence-electron chi connectivity index (χ0n) is 27.5. The Labute approximate surface area is 276 Å². The molecule has 1 aliphatic carbocycles. The van der Waals surface area contributed by atoms with Crippen LogP contribution in [0.3, 0.4) is 0 Å². The second kappa shape index (κ2) is 13.3. The lowest BCUT2D eigenvalue weighted by Gasteiger charge is -2.36. The van der Waals surface area contributed by atoms with Gasteiger partial charge in [0.1, 0.15) is 12.4 Å². The van der Waals surface area contributed by atoms with Gasteiger partial charge in [0.2, 0.25) is 11.8 Å². The average Bonchev–Trinajstić information content (AvgIpc) is 3.02. The molecule has 6 rings (SSSR count). The summed E-state index contributed by atoms with van der Waals surface area (Å²) in [7, 11) is -2.13. The Morgan fingerprint density at radius 1 is 1.04 bits per heavy atom. The van der Waals surface area contributed by atoms with Crippen molar-refractivity contribution in [2.24, 2.45) is 5.92 Å². The maximum absolute atomic E-state index is 14.4. The van der Waals surface area contributed by atoms with Crippen molar-refractivity contribution < 1.29 is 17.9 Å². The van der Waals surface area contributed by atoms with Crippen LogP contribution < -0.4 is 14.4 Å². The Hall–Kier alpha value is -4.58. The zero-order valence-corrected chi connectivity index (χ0v) is 28.3. The third kappa shape index (κ3) is 6.78. The number of aryl methyl sites for hydroxylation is 2. The van der Waals surface area contributed by atoms with Gasteiger partial charge in [0.25, 0.3) is 15.9 Å². The third-order valence-electron chi connectivity index (χ3n) is 9.41. The number of hydrogen-bond acceptors (Lipinski definition) is 9. The molecule has 1 N–H and O–H groups in total. The van der Waals surface area contributed by atoms with Gasteiger partial charge in [0.15, 0.2) is 0 Å². The molecule has 1 fully saturated rings. The van der Waals surface area contributed by atoms with E-state index in [-0.39, 0.29) is 47.3 Å². The number of amides is 1. The lowest BCUT2D eigenvalue weighted by Crippen LogP contribution is -2.47. The van der Waals surface area contributed by atoms with E-state index >= 15 is 0 Å². The van der Waals surface area contributed by atoms with E-state index in [2.05, 4.69) is 38.4 Å². The standard InChI is InChI=1S/C35H41N7O4S/c1-6-22(2)30-21-46-32-17-29(33-23(3)10-7-11-24(33)4)38-35(39-32)40-47(44,45)28-15-8-12-25(16-28)34(43)42(30)20-26-18-36-19-31(37-26)41(5)27-13-9-14-27/h7-8,10-12,15-19,22,27,30H,6,9,13-14,20-21H2,1-5H3,(H,38,39,40)/t22-,30+/m1/s1. The predicted octanol–water partition coefficient (Wildman–Crippen LogP) is 5.79. The SMILES string of the molecule is CC[C@@H](C)[C@@H]1COc2cc(-c3c(C)cccc3C)nc(n2)NS(=O)(=O)c2cccc(c2)C(=O)N1Cc1cncc(N(C)C2CCC2)n1.